The molecule has 8 heteroatoms. The number of sulfonamides is 1. The zero-order chi connectivity index (χ0) is 25.0. The van der Waals surface area contributed by atoms with Gasteiger partial charge in [-0.3, -0.25) is 0 Å². The highest BCUT2D eigenvalue weighted by atomic mass is 32.2. The van der Waals surface area contributed by atoms with E-state index in [0.29, 0.717) is 12.2 Å². The first-order chi connectivity index (χ1) is 16.6. The van der Waals surface area contributed by atoms with Gasteiger partial charge in [-0.15, -0.1) is 0 Å². The van der Waals surface area contributed by atoms with E-state index in [1.165, 1.54) is 0 Å². The molecule has 2 bridgehead atoms. The summed E-state index contributed by atoms with van der Waals surface area (Å²) in [5, 5.41) is -0.677. The van der Waals surface area contributed by atoms with Crippen molar-refractivity contribution in [2.24, 2.45) is 0 Å². The van der Waals surface area contributed by atoms with E-state index in [0.717, 1.165) is 22.3 Å². The lowest BCUT2D eigenvalue weighted by atomic mass is 9.81. The molecule has 6 nitrogen and oxygen atoms in total. The molecule has 2 heterocycles. The van der Waals surface area contributed by atoms with Gasteiger partial charge in [0.2, 0.25) is 10.0 Å². The standard InChI is InChI=1S/C27H29NO5S2/c1-18-4-10-23(11-5-18)34(29,30)25-15-21-14-20-8-9-22(33-3)16-26(20)27(17-25)28(21)35(31,32)24-12-6-19(2)7-13-24/h4-13,16,21,25,27H,14-15,17H2,1-3H3/t21-,25?,27-/m0/s1. The van der Waals surface area contributed by atoms with Crippen LogP contribution >= 0.6 is 0 Å². The summed E-state index contributed by atoms with van der Waals surface area (Å²) in [5.41, 5.74) is 3.82. The fraction of sp³-hybridized carbons (Fsp3) is 0.333. The number of hydrogen-bond acceptors (Lipinski definition) is 5. The monoisotopic (exact) mass is 511 g/mol. The molecule has 1 saturated heterocycles. The van der Waals surface area contributed by atoms with Gasteiger partial charge in [0.25, 0.3) is 0 Å². The second-order valence-electron chi connectivity index (χ2n) is 9.54. The highest BCUT2D eigenvalue weighted by molar-refractivity contribution is 7.92. The highest BCUT2D eigenvalue weighted by Gasteiger charge is 2.50. The van der Waals surface area contributed by atoms with Crippen molar-refractivity contribution in [3.63, 3.8) is 0 Å². The van der Waals surface area contributed by atoms with Crippen LogP contribution in [0.25, 0.3) is 0 Å². The predicted octanol–water partition coefficient (Wildman–Crippen LogP) is 4.61. The van der Waals surface area contributed by atoms with Gasteiger partial charge in [0, 0.05) is 6.04 Å². The maximum atomic E-state index is 13.9. The van der Waals surface area contributed by atoms with E-state index in [4.69, 9.17) is 4.74 Å². The Labute approximate surface area is 207 Å². The minimum absolute atomic E-state index is 0.192. The average Bonchev–Trinajstić information content (AvgIpc) is 2.83. The van der Waals surface area contributed by atoms with Gasteiger partial charge >= 0.3 is 0 Å². The van der Waals surface area contributed by atoms with Crippen LogP contribution in [-0.2, 0) is 26.3 Å². The summed E-state index contributed by atoms with van der Waals surface area (Å²) in [4.78, 5) is 0.510. The zero-order valence-corrected chi connectivity index (χ0v) is 21.6. The summed E-state index contributed by atoms with van der Waals surface area (Å²) in [7, 11) is -5.90. The van der Waals surface area contributed by atoms with Crippen molar-refractivity contribution in [3.8, 4) is 5.75 Å². The van der Waals surface area contributed by atoms with Crippen molar-refractivity contribution in [3.05, 3.63) is 89.0 Å². The third kappa shape index (κ3) is 4.17. The van der Waals surface area contributed by atoms with Gasteiger partial charge in [0.05, 0.1) is 28.2 Å². The number of sulfone groups is 1. The van der Waals surface area contributed by atoms with Crippen molar-refractivity contribution in [2.75, 3.05) is 7.11 Å². The van der Waals surface area contributed by atoms with Crippen LogP contribution in [0.4, 0.5) is 0 Å². The Morgan fingerprint density at radius 1 is 0.800 bits per heavy atom. The van der Waals surface area contributed by atoms with Crippen molar-refractivity contribution in [2.45, 2.75) is 60.2 Å². The topological polar surface area (TPSA) is 80.8 Å². The number of benzene rings is 3. The molecule has 3 atom stereocenters. The van der Waals surface area contributed by atoms with E-state index in [1.807, 2.05) is 32.0 Å². The third-order valence-electron chi connectivity index (χ3n) is 7.24. The first-order valence-electron chi connectivity index (χ1n) is 11.7. The second-order valence-corrected chi connectivity index (χ2v) is 13.6. The molecule has 1 unspecified atom stereocenters. The molecule has 0 aliphatic carbocycles. The summed E-state index contributed by atoms with van der Waals surface area (Å²) < 4.78 is 62.0. The Kier molecular flexibility index (Phi) is 6.02. The van der Waals surface area contributed by atoms with E-state index in [-0.39, 0.29) is 22.6 Å². The fourth-order valence-electron chi connectivity index (χ4n) is 5.37. The molecule has 35 heavy (non-hydrogen) atoms. The number of methoxy groups -OCH3 is 1. The molecule has 2 aliphatic heterocycles. The molecule has 0 amide bonds. The number of ether oxygens (including phenoxy) is 1. The lowest BCUT2D eigenvalue weighted by Gasteiger charge is -2.48. The molecule has 184 valence electrons. The Morgan fingerprint density at radius 3 is 2.00 bits per heavy atom. The third-order valence-corrected chi connectivity index (χ3v) is 11.4. The molecule has 0 N–H and O–H groups in total. The number of piperidine rings is 1. The summed E-state index contributed by atoms with van der Waals surface area (Å²) >= 11 is 0. The molecule has 0 radical (unpaired) electrons. The lowest BCUT2D eigenvalue weighted by Crippen LogP contribution is -2.54. The Balaban J connectivity index is 1.60. The summed E-state index contributed by atoms with van der Waals surface area (Å²) in [6.45, 7) is 3.83. The van der Waals surface area contributed by atoms with E-state index >= 15 is 0 Å². The summed E-state index contributed by atoms with van der Waals surface area (Å²) in [5.74, 6) is 0.624. The average molecular weight is 512 g/mol. The minimum atomic E-state index is -3.84. The van der Waals surface area contributed by atoms with Crippen LogP contribution in [0.2, 0.25) is 0 Å². The van der Waals surface area contributed by atoms with Gasteiger partial charge in [-0.25, -0.2) is 16.8 Å². The minimum Gasteiger partial charge on any atom is -0.497 e. The molecular formula is C27H29NO5S2. The van der Waals surface area contributed by atoms with Gasteiger partial charge in [0.15, 0.2) is 9.84 Å². The SMILES string of the molecule is COc1ccc2c(c1)[C@@H]1CC(S(=O)(=O)c3ccc(C)cc3)C[C@H](C2)N1S(=O)(=O)c1ccc(C)cc1. The maximum absolute atomic E-state index is 13.9. The summed E-state index contributed by atoms with van der Waals surface area (Å²) in [6, 6.07) is 18.4. The quantitative estimate of drug-likeness (QED) is 0.500. The van der Waals surface area contributed by atoms with Crippen LogP contribution < -0.4 is 4.74 Å². The number of aryl methyl sites for hydroxylation is 2. The van der Waals surface area contributed by atoms with Gasteiger partial charge in [-0.1, -0.05) is 41.5 Å². The second kappa shape index (κ2) is 8.76. The van der Waals surface area contributed by atoms with Crippen molar-refractivity contribution >= 4 is 19.9 Å². The van der Waals surface area contributed by atoms with Crippen molar-refractivity contribution < 1.29 is 21.6 Å². The zero-order valence-electron chi connectivity index (χ0n) is 20.0. The van der Waals surface area contributed by atoms with E-state index in [1.54, 1.807) is 59.9 Å². The van der Waals surface area contributed by atoms with Gasteiger partial charge in [-0.2, -0.15) is 4.31 Å². The van der Waals surface area contributed by atoms with Gasteiger partial charge in [0.1, 0.15) is 5.75 Å². The summed E-state index contributed by atoms with van der Waals surface area (Å²) in [6.07, 6.45) is 0.905. The van der Waals surface area contributed by atoms with Gasteiger partial charge < -0.3 is 4.74 Å². The van der Waals surface area contributed by atoms with E-state index in [2.05, 4.69) is 0 Å². The van der Waals surface area contributed by atoms with Crippen LogP contribution in [0.5, 0.6) is 5.75 Å². The van der Waals surface area contributed by atoms with E-state index in [9.17, 15) is 16.8 Å². The van der Waals surface area contributed by atoms with Crippen LogP contribution in [0.15, 0.2) is 76.5 Å². The molecule has 0 spiro atoms. The van der Waals surface area contributed by atoms with Crippen molar-refractivity contribution in [1.82, 2.24) is 4.31 Å². The van der Waals surface area contributed by atoms with Crippen LogP contribution in [0.1, 0.15) is 41.1 Å². The predicted molar refractivity (Wildman–Crippen MR) is 135 cm³/mol. The number of hydrogen-bond donors (Lipinski definition) is 0. The molecule has 0 saturated carbocycles. The molecule has 5 rings (SSSR count). The van der Waals surface area contributed by atoms with Crippen LogP contribution in [0.3, 0.4) is 0 Å². The normalized spacial score (nSPS) is 22.4. The molecule has 0 aromatic heterocycles. The Bertz CT molecular complexity index is 1460. The smallest absolute Gasteiger partial charge is 0.243 e. The fourth-order valence-corrected chi connectivity index (χ4v) is 8.99. The van der Waals surface area contributed by atoms with E-state index < -0.39 is 37.2 Å². The van der Waals surface area contributed by atoms with Gasteiger partial charge in [-0.05, 0) is 80.6 Å². The number of rotatable bonds is 5. The number of fused-ring (bicyclic) bond motifs is 4. The Hall–Kier alpha value is -2.68. The highest BCUT2D eigenvalue weighted by Crippen LogP contribution is 2.48. The molecule has 3 aromatic carbocycles. The lowest BCUT2D eigenvalue weighted by molar-refractivity contribution is 0.164. The largest absolute Gasteiger partial charge is 0.497 e. The molecule has 3 aromatic rings. The first kappa shape index (κ1) is 24.0. The molecular weight excluding hydrogens is 482 g/mol. The van der Waals surface area contributed by atoms with Crippen LogP contribution in [-0.4, -0.2) is 39.5 Å². The molecule has 2 aliphatic rings. The first-order valence-corrected chi connectivity index (χ1v) is 14.7. The maximum Gasteiger partial charge on any atom is 0.243 e. The Morgan fingerprint density at radius 2 is 1.40 bits per heavy atom. The number of nitrogens with zero attached hydrogens (tertiary/aromatic N) is 1. The van der Waals surface area contributed by atoms with Crippen molar-refractivity contribution in [1.29, 1.82) is 0 Å². The van der Waals surface area contributed by atoms with Crippen LogP contribution in [0, 0.1) is 13.8 Å². The molecule has 1 fully saturated rings.